The van der Waals surface area contributed by atoms with E-state index >= 15 is 0 Å². The fourth-order valence-electron chi connectivity index (χ4n) is 4.74. The Balaban J connectivity index is 1.99. The minimum atomic E-state index is -0.123. The summed E-state index contributed by atoms with van der Waals surface area (Å²) in [5.74, 6) is 0. The molecule has 2 aromatic heterocycles. The minimum absolute atomic E-state index is 0.123. The maximum Gasteiger partial charge on any atom is 0.237 e. The maximum absolute atomic E-state index is 8.07. The first-order valence-corrected chi connectivity index (χ1v) is 11.2. The van der Waals surface area contributed by atoms with Crippen LogP contribution in [0, 0.1) is 13.5 Å². The van der Waals surface area contributed by atoms with Gasteiger partial charge in [-0.15, -0.1) is 0 Å². The number of rotatable bonds is 2. The second kappa shape index (κ2) is 7.60. The van der Waals surface area contributed by atoms with E-state index in [-0.39, 0.29) is 5.41 Å². The number of fused-ring (bicyclic) bond motifs is 3. The molecular weight excluding hydrogens is 404 g/mol. The zero-order valence-corrected chi connectivity index (χ0v) is 19.7. The Morgan fingerprint density at radius 1 is 0.909 bits per heavy atom. The summed E-state index contributed by atoms with van der Waals surface area (Å²) in [4.78, 5) is 3.99. The van der Waals surface area contributed by atoms with Crippen molar-refractivity contribution in [2.24, 2.45) is 7.05 Å². The van der Waals surface area contributed by atoms with Gasteiger partial charge < -0.3 is 4.42 Å². The van der Waals surface area contributed by atoms with Crippen LogP contribution >= 0.6 is 0 Å². The monoisotopic (exact) mass is 431 g/mol. The molecule has 0 aliphatic carbocycles. The van der Waals surface area contributed by atoms with Crippen molar-refractivity contribution in [3.05, 3.63) is 95.5 Å². The van der Waals surface area contributed by atoms with E-state index in [9.17, 15) is 0 Å². The molecule has 0 radical (unpaired) electrons. The standard InChI is InChI=1S/C30H27N2O/c1-19-15-16-21-26-23(30(2,3)4)18-22(20-12-8-7-9-13-20)27(31-5)29(26)33-28(21)25(19)24-14-10-11-17-32(24)6/h7-18H,1-4,6H3/q+1. The van der Waals surface area contributed by atoms with E-state index in [0.717, 1.165) is 44.3 Å². The number of hydrogen-bond acceptors (Lipinski definition) is 1. The molecule has 0 unspecified atom stereocenters. The Morgan fingerprint density at radius 2 is 1.64 bits per heavy atom. The molecule has 0 atom stereocenters. The summed E-state index contributed by atoms with van der Waals surface area (Å²) in [6, 6.07) is 22.8. The Bertz CT molecular complexity index is 1560. The van der Waals surface area contributed by atoms with Crippen LogP contribution in [-0.2, 0) is 12.5 Å². The van der Waals surface area contributed by atoms with Gasteiger partial charge in [0, 0.05) is 22.9 Å². The third-order valence-corrected chi connectivity index (χ3v) is 6.41. The lowest BCUT2D eigenvalue weighted by Gasteiger charge is -2.22. The number of aromatic nitrogens is 1. The summed E-state index contributed by atoms with van der Waals surface area (Å²) in [5.41, 5.74) is 8.41. The molecule has 0 spiro atoms. The van der Waals surface area contributed by atoms with Crippen molar-refractivity contribution in [1.29, 1.82) is 0 Å². The van der Waals surface area contributed by atoms with Gasteiger partial charge >= 0.3 is 0 Å². The Hall–Kier alpha value is -3.90. The van der Waals surface area contributed by atoms with Gasteiger partial charge in [-0.1, -0.05) is 69.3 Å². The Kier molecular flexibility index (Phi) is 4.83. The van der Waals surface area contributed by atoms with Gasteiger partial charge in [0.2, 0.25) is 11.4 Å². The van der Waals surface area contributed by atoms with Crippen LogP contribution in [0.25, 0.3) is 49.2 Å². The summed E-state index contributed by atoms with van der Waals surface area (Å²) >= 11 is 0. The fraction of sp³-hybridized carbons (Fsp3) is 0.200. The minimum Gasteiger partial charge on any atom is -0.466 e. The van der Waals surface area contributed by atoms with Crippen molar-refractivity contribution in [2.45, 2.75) is 33.1 Å². The lowest BCUT2D eigenvalue weighted by Crippen LogP contribution is -2.30. The Morgan fingerprint density at radius 3 is 2.30 bits per heavy atom. The molecular formula is C30H27N2O+. The smallest absolute Gasteiger partial charge is 0.237 e. The predicted molar refractivity (Wildman–Crippen MR) is 135 cm³/mol. The van der Waals surface area contributed by atoms with E-state index in [1.807, 2.05) is 24.3 Å². The van der Waals surface area contributed by atoms with Crippen molar-refractivity contribution in [1.82, 2.24) is 0 Å². The van der Waals surface area contributed by atoms with Crippen molar-refractivity contribution >= 4 is 27.6 Å². The molecule has 2 heterocycles. The molecule has 0 aliphatic rings. The second-order valence-electron chi connectivity index (χ2n) is 9.69. The predicted octanol–water partition coefficient (Wildman–Crippen LogP) is 7.90. The summed E-state index contributed by atoms with van der Waals surface area (Å²) in [5, 5.41) is 2.10. The zero-order valence-electron chi connectivity index (χ0n) is 19.7. The number of benzene rings is 3. The van der Waals surface area contributed by atoms with Crippen LogP contribution in [0.4, 0.5) is 5.69 Å². The lowest BCUT2D eigenvalue weighted by molar-refractivity contribution is -0.660. The molecule has 3 nitrogen and oxygen atoms in total. The molecule has 3 heteroatoms. The second-order valence-corrected chi connectivity index (χ2v) is 9.69. The van der Waals surface area contributed by atoms with Crippen molar-refractivity contribution in [2.75, 3.05) is 0 Å². The third kappa shape index (κ3) is 3.31. The summed E-state index contributed by atoms with van der Waals surface area (Å²) in [7, 11) is 2.05. The molecule has 0 aliphatic heterocycles. The molecule has 0 bridgehead atoms. The molecule has 5 aromatic rings. The molecule has 5 rings (SSSR count). The molecule has 0 saturated heterocycles. The molecule has 0 N–H and O–H groups in total. The van der Waals surface area contributed by atoms with Crippen LogP contribution in [0.15, 0.2) is 77.3 Å². The zero-order chi connectivity index (χ0) is 23.3. The van der Waals surface area contributed by atoms with E-state index < -0.39 is 0 Å². The van der Waals surface area contributed by atoms with Crippen LogP contribution < -0.4 is 4.57 Å². The highest BCUT2D eigenvalue weighted by Crippen LogP contribution is 2.48. The molecule has 0 saturated carbocycles. The number of hydrogen-bond donors (Lipinski definition) is 0. The molecule has 0 amide bonds. The van der Waals surface area contributed by atoms with Gasteiger partial charge in [0.15, 0.2) is 6.20 Å². The average molecular weight is 432 g/mol. The summed E-state index contributed by atoms with van der Waals surface area (Å²) in [6.45, 7) is 16.9. The van der Waals surface area contributed by atoms with E-state index in [1.54, 1.807) is 0 Å². The van der Waals surface area contributed by atoms with Crippen molar-refractivity contribution < 1.29 is 8.98 Å². The number of nitrogens with zero attached hydrogens (tertiary/aromatic N) is 2. The maximum atomic E-state index is 8.07. The highest BCUT2D eigenvalue weighted by molar-refractivity contribution is 6.16. The van der Waals surface area contributed by atoms with Gasteiger partial charge in [0.1, 0.15) is 18.2 Å². The molecule has 162 valence electrons. The van der Waals surface area contributed by atoms with E-state index in [0.29, 0.717) is 11.3 Å². The van der Waals surface area contributed by atoms with Gasteiger partial charge in [0.05, 0.1) is 12.1 Å². The highest BCUT2D eigenvalue weighted by atomic mass is 16.3. The Labute approximate surface area is 194 Å². The molecule has 0 fully saturated rings. The van der Waals surface area contributed by atoms with Gasteiger partial charge in [0.25, 0.3) is 0 Å². The van der Waals surface area contributed by atoms with Crippen LogP contribution in [0.3, 0.4) is 0 Å². The summed E-state index contributed by atoms with van der Waals surface area (Å²) in [6.07, 6.45) is 2.05. The SMILES string of the molecule is [C-]#[N+]c1c(-c2ccccc2)cc(C(C)(C)C)c2c1oc1c(-c3cccc[n+]3C)c(C)ccc12. The quantitative estimate of drug-likeness (QED) is 0.206. The van der Waals surface area contributed by atoms with Crippen LogP contribution in [0.2, 0.25) is 0 Å². The first kappa shape index (κ1) is 21.0. The largest absolute Gasteiger partial charge is 0.466 e. The first-order chi connectivity index (χ1) is 15.8. The average Bonchev–Trinajstić information content (AvgIpc) is 3.17. The molecule has 33 heavy (non-hydrogen) atoms. The summed E-state index contributed by atoms with van der Waals surface area (Å²) < 4.78 is 8.78. The van der Waals surface area contributed by atoms with Crippen molar-refractivity contribution in [3.8, 4) is 22.4 Å². The van der Waals surface area contributed by atoms with Crippen molar-refractivity contribution in [3.63, 3.8) is 0 Å². The van der Waals surface area contributed by atoms with E-state index in [2.05, 4.69) is 92.8 Å². The van der Waals surface area contributed by atoms with E-state index in [1.165, 1.54) is 5.56 Å². The van der Waals surface area contributed by atoms with Gasteiger partial charge in [-0.3, -0.25) is 0 Å². The lowest BCUT2D eigenvalue weighted by atomic mass is 9.81. The molecule has 3 aromatic carbocycles. The fourth-order valence-corrected chi connectivity index (χ4v) is 4.74. The number of furan rings is 1. The number of aryl methyl sites for hydroxylation is 2. The van der Waals surface area contributed by atoms with Crippen LogP contribution in [0.1, 0.15) is 31.9 Å². The van der Waals surface area contributed by atoms with Crippen LogP contribution in [0.5, 0.6) is 0 Å². The van der Waals surface area contributed by atoms with Gasteiger partial charge in [-0.2, -0.15) is 0 Å². The van der Waals surface area contributed by atoms with Crippen LogP contribution in [-0.4, -0.2) is 0 Å². The normalized spacial score (nSPS) is 11.8. The highest BCUT2D eigenvalue weighted by Gasteiger charge is 2.28. The van der Waals surface area contributed by atoms with Gasteiger partial charge in [-0.05, 0) is 40.7 Å². The van der Waals surface area contributed by atoms with E-state index in [4.69, 9.17) is 11.0 Å². The first-order valence-electron chi connectivity index (χ1n) is 11.2. The number of pyridine rings is 1. The topological polar surface area (TPSA) is 21.4 Å². The third-order valence-electron chi connectivity index (χ3n) is 6.41. The van der Waals surface area contributed by atoms with Gasteiger partial charge in [-0.25, -0.2) is 9.41 Å².